The van der Waals surface area contributed by atoms with Gasteiger partial charge >= 0.3 is 0 Å². The number of amides is 2. The molecule has 2 saturated heterocycles. The van der Waals surface area contributed by atoms with Gasteiger partial charge in [0.05, 0.1) is 5.92 Å². The lowest BCUT2D eigenvalue weighted by molar-refractivity contribution is -0.137. The van der Waals surface area contributed by atoms with Crippen LogP contribution in [0.4, 0.5) is 0 Å². The number of nitrogens with zero attached hydrogens (tertiary/aromatic N) is 1. The molecule has 0 aromatic heterocycles. The second-order valence-electron chi connectivity index (χ2n) is 7.37. The zero-order chi connectivity index (χ0) is 18.4. The van der Waals surface area contributed by atoms with Crippen LogP contribution in [0.1, 0.15) is 32.6 Å². The Hall–Kier alpha value is -2.08. The van der Waals surface area contributed by atoms with E-state index in [2.05, 4.69) is 17.6 Å². The average Bonchev–Trinajstić information content (AvgIpc) is 2.67. The van der Waals surface area contributed by atoms with Crippen molar-refractivity contribution < 1.29 is 14.3 Å². The van der Waals surface area contributed by atoms with Crippen molar-refractivity contribution in [1.82, 2.24) is 15.5 Å². The molecule has 0 radical (unpaired) electrons. The number of rotatable bonds is 5. The fourth-order valence-corrected chi connectivity index (χ4v) is 3.75. The lowest BCUT2D eigenvalue weighted by atomic mass is 9.95. The molecule has 2 fully saturated rings. The normalized spacial score (nSPS) is 26.2. The third kappa shape index (κ3) is 5.21. The maximum Gasteiger partial charge on any atom is 0.260 e. The van der Waals surface area contributed by atoms with Gasteiger partial charge in [-0.3, -0.25) is 9.59 Å². The second kappa shape index (κ2) is 9.03. The fraction of sp³-hybridized carbons (Fsp3) is 0.600. The van der Waals surface area contributed by atoms with Crippen LogP contribution in [0.5, 0.6) is 5.75 Å². The summed E-state index contributed by atoms with van der Waals surface area (Å²) in [6.45, 7) is 4.29. The van der Waals surface area contributed by atoms with Gasteiger partial charge in [0.2, 0.25) is 5.91 Å². The van der Waals surface area contributed by atoms with Gasteiger partial charge < -0.3 is 20.3 Å². The Balaban J connectivity index is 1.46. The molecule has 2 N–H and O–H groups in total. The number of ether oxygens (including phenoxy) is 1. The maximum atomic E-state index is 12.6. The highest BCUT2D eigenvalue weighted by Crippen LogP contribution is 2.19. The van der Waals surface area contributed by atoms with Crippen LogP contribution in [-0.4, -0.2) is 55.0 Å². The van der Waals surface area contributed by atoms with Crippen LogP contribution in [-0.2, 0) is 9.59 Å². The van der Waals surface area contributed by atoms with Crippen molar-refractivity contribution in [2.75, 3.05) is 26.2 Å². The molecule has 2 aliphatic heterocycles. The molecular weight excluding hydrogens is 330 g/mol. The van der Waals surface area contributed by atoms with Gasteiger partial charge in [-0.15, -0.1) is 0 Å². The van der Waals surface area contributed by atoms with Gasteiger partial charge in [-0.25, -0.2) is 0 Å². The van der Waals surface area contributed by atoms with Crippen molar-refractivity contribution in [2.45, 2.75) is 44.7 Å². The number of carbonyl (C=O) groups is 2. The van der Waals surface area contributed by atoms with Crippen molar-refractivity contribution in [2.24, 2.45) is 5.92 Å². The molecule has 0 bridgehead atoms. The van der Waals surface area contributed by atoms with Crippen LogP contribution in [0.15, 0.2) is 30.3 Å². The number of nitrogens with one attached hydrogen (secondary N) is 2. The monoisotopic (exact) mass is 359 g/mol. The minimum absolute atomic E-state index is 0.0180. The molecule has 1 aromatic rings. The van der Waals surface area contributed by atoms with Crippen molar-refractivity contribution in [3.63, 3.8) is 0 Å². The van der Waals surface area contributed by atoms with Gasteiger partial charge in [0.15, 0.2) is 6.61 Å². The zero-order valence-corrected chi connectivity index (χ0v) is 15.4. The van der Waals surface area contributed by atoms with Crippen LogP contribution < -0.4 is 15.4 Å². The molecule has 0 aliphatic carbocycles. The summed E-state index contributed by atoms with van der Waals surface area (Å²) in [5.41, 5.74) is 0. The van der Waals surface area contributed by atoms with E-state index in [1.54, 1.807) is 4.90 Å². The maximum absolute atomic E-state index is 12.6. The molecule has 0 saturated carbocycles. The summed E-state index contributed by atoms with van der Waals surface area (Å²) in [5, 5.41) is 6.58. The summed E-state index contributed by atoms with van der Waals surface area (Å²) >= 11 is 0. The van der Waals surface area contributed by atoms with Crippen molar-refractivity contribution in [3.8, 4) is 5.75 Å². The van der Waals surface area contributed by atoms with Crippen LogP contribution >= 0.6 is 0 Å². The lowest BCUT2D eigenvalue weighted by Crippen LogP contribution is -2.51. The molecule has 26 heavy (non-hydrogen) atoms. The molecule has 6 heteroatoms. The number of para-hydroxylation sites is 1. The van der Waals surface area contributed by atoms with Gasteiger partial charge in [-0.1, -0.05) is 18.2 Å². The number of hydrogen-bond acceptors (Lipinski definition) is 4. The Labute approximate surface area is 155 Å². The van der Waals surface area contributed by atoms with Crippen LogP contribution in [0, 0.1) is 5.92 Å². The average molecular weight is 359 g/mol. The third-order valence-corrected chi connectivity index (χ3v) is 5.22. The number of likely N-dealkylation sites (tertiary alicyclic amines) is 1. The number of benzene rings is 1. The molecule has 3 rings (SSSR count). The molecule has 3 unspecified atom stereocenters. The van der Waals surface area contributed by atoms with Crippen LogP contribution in [0.2, 0.25) is 0 Å². The van der Waals surface area contributed by atoms with Crippen LogP contribution in [0.25, 0.3) is 0 Å². The highest BCUT2D eigenvalue weighted by atomic mass is 16.5. The van der Waals surface area contributed by atoms with E-state index in [1.807, 2.05) is 30.3 Å². The first-order valence-corrected chi connectivity index (χ1v) is 9.61. The molecular formula is C20H29N3O3. The van der Waals surface area contributed by atoms with E-state index in [0.717, 1.165) is 32.2 Å². The predicted octanol–water partition coefficient (Wildman–Crippen LogP) is 1.56. The molecule has 142 valence electrons. The quantitative estimate of drug-likeness (QED) is 0.837. The first-order chi connectivity index (χ1) is 12.6. The lowest BCUT2D eigenvalue weighted by Gasteiger charge is -2.34. The topological polar surface area (TPSA) is 70.7 Å². The summed E-state index contributed by atoms with van der Waals surface area (Å²) in [4.78, 5) is 26.8. The molecule has 2 amide bonds. The van der Waals surface area contributed by atoms with E-state index in [-0.39, 0.29) is 30.4 Å². The third-order valence-electron chi connectivity index (χ3n) is 5.22. The standard InChI is InChI=1S/C20H29N3O3/c1-15-12-17(9-10-21-15)22-20(25)16-6-5-11-23(13-16)19(24)14-26-18-7-3-2-4-8-18/h2-4,7-8,15-17,21H,5-6,9-14H2,1H3,(H,22,25). The molecule has 2 heterocycles. The van der Waals surface area contributed by atoms with E-state index in [0.29, 0.717) is 24.9 Å². The number of piperidine rings is 2. The van der Waals surface area contributed by atoms with Crippen LogP contribution in [0.3, 0.4) is 0 Å². The molecule has 3 atom stereocenters. The van der Waals surface area contributed by atoms with E-state index in [4.69, 9.17) is 4.74 Å². The van der Waals surface area contributed by atoms with E-state index < -0.39 is 0 Å². The first kappa shape index (κ1) is 18.7. The van der Waals surface area contributed by atoms with Crippen molar-refractivity contribution in [1.29, 1.82) is 0 Å². The predicted molar refractivity (Wildman–Crippen MR) is 99.9 cm³/mol. The Morgan fingerprint density at radius 2 is 2.08 bits per heavy atom. The summed E-state index contributed by atoms with van der Waals surface area (Å²) in [5.74, 6) is 0.606. The fourth-order valence-electron chi connectivity index (χ4n) is 3.75. The highest BCUT2D eigenvalue weighted by molar-refractivity contribution is 5.82. The molecule has 2 aliphatic rings. The summed E-state index contributed by atoms with van der Waals surface area (Å²) in [7, 11) is 0. The largest absolute Gasteiger partial charge is 0.484 e. The Kier molecular flexibility index (Phi) is 6.50. The van der Waals surface area contributed by atoms with Gasteiger partial charge in [0, 0.05) is 25.2 Å². The van der Waals surface area contributed by atoms with Gasteiger partial charge in [-0.2, -0.15) is 0 Å². The zero-order valence-electron chi connectivity index (χ0n) is 15.4. The first-order valence-electron chi connectivity index (χ1n) is 9.61. The Bertz CT molecular complexity index is 608. The van der Waals surface area contributed by atoms with E-state index in [1.165, 1.54) is 0 Å². The minimum Gasteiger partial charge on any atom is -0.484 e. The summed E-state index contributed by atoms with van der Waals surface area (Å²) in [6, 6.07) is 10.0. The molecule has 0 spiro atoms. The van der Waals surface area contributed by atoms with E-state index in [9.17, 15) is 9.59 Å². The second-order valence-corrected chi connectivity index (χ2v) is 7.37. The Morgan fingerprint density at radius 3 is 2.85 bits per heavy atom. The van der Waals surface area contributed by atoms with Gasteiger partial charge in [0.1, 0.15) is 5.75 Å². The van der Waals surface area contributed by atoms with E-state index >= 15 is 0 Å². The SMILES string of the molecule is CC1CC(NC(=O)C2CCCN(C(=O)COc3ccccc3)C2)CCN1. The smallest absolute Gasteiger partial charge is 0.260 e. The van der Waals surface area contributed by atoms with Crippen molar-refractivity contribution in [3.05, 3.63) is 30.3 Å². The molecule has 1 aromatic carbocycles. The summed E-state index contributed by atoms with van der Waals surface area (Å²) < 4.78 is 5.55. The number of hydrogen-bond donors (Lipinski definition) is 2. The Morgan fingerprint density at radius 1 is 1.27 bits per heavy atom. The number of carbonyl (C=O) groups excluding carboxylic acids is 2. The highest BCUT2D eigenvalue weighted by Gasteiger charge is 2.30. The molecule has 6 nitrogen and oxygen atoms in total. The van der Waals surface area contributed by atoms with Crippen molar-refractivity contribution >= 4 is 11.8 Å². The van der Waals surface area contributed by atoms with Gasteiger partial charge in [-0.05, 0) is 51.3 Å². The van der Waals surface area contributed by atoms with Gasteiger partial charge in [0.25, 0.3) is 5.91 Å². The minimum atomic E-state index is -0.116. The summed E-state index contributed by atoms with van der Waals surface area (Å²) in [6.07, 6.45) is 3.63.